The molecule has 1 saturated carbocycles. The molecule has 180 valence electrons. The summed E-state index contributed by atoms with van der Waals surface area (Å²) in [6.07, 6.45) is 0.870. The summed E-state index contributed by atoms with van der Waals surface area (Å²) in [5.41, 5.74) is 0.629. The number of alkyl halides is 3. The van der Waals surface area contributed by atoms with Gasteiger partial charge in [0.2, 0.25) is 5.88 Å². The van der Waals surface area contributed by atoms with Crippen molar-refractivity contribution in [3.8, 4) is 11.6 Å². The number of aromatic nitrogens is 3. The van der Waals surface area contributed by atoms with Gasteiger partial charge < -0.3 is 15.4 Å². The second-order valence-electron chi connectivity index (χ2n) is 8.46. The van der Waals surface area contributed by atoms with Crippen molar-refractivity contribution in [2.45, 2.75) is 38.0 Å². The molecule has 0 saturated heterocycles. The third kappa shape index (κ3) is 5.27. The van der Waals surface area contributed by atoms with Gasteiger partial charge in [0.25, 0.3) is 0 Å². The summed E-state index contributed by atoms with van der Waals surface area (Å²) < 4.78 is 46.1. The number of fused-ring (bicyclic) bond motifs is 1. The number of carbonyl (C=O) groups is 1. The molecule has 2 aromatic carbocycles. The molecule has 0 bridgehead atoms. The topological polar surface area (TPSA) is 81.1 Å². The van der Waals surface area contributed by atoms with Gasteiger partial charge in [0.05, 0.1) is 16.8 Å². The van der Waals surface area contributed by atoms with Crippen LogP contribution in [0.15, 0.2) is 67.1 Å². The fourth-order valence-corrected chi connectivity index (χ4v) is 3.77. The molecule has 1 amide bonds. The number of nitrogens with one attached hydrogen (secondary N) is 2. The van der Waals surface area contributed by atoms with Crippen LogP contribution in [0, 0.1) is 0 Å². The van der Waals surface area contributed by atoms with E-state index in [4.69, 9.17) is 4.74 Å². The summed E-state index contributed by atoms with van der Waals surface area (Å²) in [6, 6.07) is 13.2. The number of amides is 1. The zero-order chi connectivity index (χ0) is 24.6. The van der Waals surface area contributed by atoms with Crippen molar-refractivity contribution in [2.75, 3.05) is 5.32 Å². The summed E-state index contributed by atoms with van der Waals surface area (Å²) in [7, 11) is 0. The van der Waals surface area contributed by atoms with E-state index in [1.807, 2.05) is 6.92 Å². The van der Waals surface area contributed by atoms with Crippen LogP contribution in [0.3, 0.4) is 0 Å². The molecule has 2 heterocycles. The molecule has 1 fully saturated rings. The number of benzene rings is 2. The van der Waals surface area contributed by atoms with Gasteiger partial charge in [0, 0.05) is 35.4 Å². The number of ether oxygens (including phenoxy) is 1. The molecule has 0 unspecified atom stereocenters. The molecule has 1 aliphatic carbocycles. The summed E-state index contributed by atoms with van der Waals surface area (Å²) in [4.78, 5) is 21.2. The lowest BCUT2D eigenvalue weighted by Crippen LogP contribution is -2.21. The largest absolute Gasteiger partial charge is 0.439 e. The van der Waals surface area contributed by atoms with Crippen LogP contribution in [0.25, 0.3) is 10.9 Å². The molecule has 0 radical (unpaired) electrons. The van der Waals surface area contributed by atoms with Crippen LogP contribution in [0.1, 0.15) is 37.1 Å². The smallest absolute Gasteiger partial charge is 0.416 e. The van der Waals surface area contributed by atoms with Crippen LogP contribution >= 0.6 is 0 Å². The van der Waals surface area contributed by atoms with E-state index in [0.717, 1.165) is 23.2 Å². The van der Waals surface area contributed by atoms with E-state index < -0.39 is 17.8 Å². The minimum absolute atomic E-state index is 0.0524. The number of rotatable bonds is 6. The fraction of sp³-hybridized carbons (Fsp3) is 0.240. The Balaban J connectivity index is 1.31. The highest BCUT2D eigenvalue weighted by Gasteiger charge is 2.30. The lowest BCUT2D eigenvalue weighted by Gasteiger charge is -2.13. The minimum atomic E-state index is -4.49. The van der Waals surface area contributed by atoms with Crippen molar-refractivity contribution in [1.29, 1.82) is 0 Å². The van der Waals surface area contributed by atoms with Crippen molar-refractivity contribution in [2.24, 2.45) is 0 Å². The number of nitrogens with zero attached hydrogens (tertiary/aromatic N) is 3. The number of halogens is 3. The molecule has 10 heteroatoms. The first-order valence-electron chi connectivity index (χ1n) is 11.1. The van der Waals surface area contributed by atoms with E-state index in [0.29, 0.717) is 23.2 Å². The lowest BCUT2D eigenvalue weighted by molar-refractivity contribution is -0.137. The number of hydrogen-bond acceptors (Lipinski definition) is 5. The van der Waals surface area contributed by atoms with E-state index in [2.05, 4.69) is 20.6 Å². The maximum Gasteiger partial charge on any atom is 0.416 e. The molecule has 7 nitrogen and oxygen atoms in total. The molecule has 0 spiro atoms. The van der Waals surface area contributed by atoms with Crippen molar-refractivity contribution in [3.63, 3.8) is 0 Å². The summed E-state index contributed by atoms with van der Waals surface area (Å²) in [6.45, 7) is 2.05. The SMILES string of the molecule is C[C@H](NC1CC1)c1cc(Oc2ccc3c(ccn3C(=O)Nc3cccc(C(F)(F)F)c3)c2)ncn1. The lowest BCUT2D eigenvalue weighted by atomic mass is 10.2. The number of hydrogen-bond donors (Lipinski definition) is 2. The molecule has 2 aromatic heterocycles. The van der Waals surface area contributed by atoms with Gasteiger partial charge in [-0.1, -0.05) is 6.07 Å². The molecule has 0 aliphatic heterocycles. The number of anilines is 1. The van der Waals surface area contributed by atoms with Crippen molar-refractivity contribution in [3.05, 3.63) is 78.4 Å². The number of carbonyl (C=O) groups excluding carboxylic acids is 1. The second kappa shape index (κ2) is 9.03. The first-order chi connectivity index (χ1) is 16.8. The highest BCUT2D eigenvalue weighted by Crippen LogP contribution is 2.31. The van der Waals surface area contributed by atoms with Crippen molar-refractivity contribution >= 4 is 22.6 Å². The first-order valence-corrected chi connectivity index (χ1v) is 11.1. The van der Waals surface area contributed by atoms with Crippen LogP contribution in [0.4, 0.5) is 23.7 Å². The second-order valence-corrected chi connectivity index (χ2v) is 8.46. The van der Waals surface area contributed by atoms with Crippen LogP contribution in [-0.2, 0) is 6.18 Å². The Kier molecular flexibility index (Phi) is 5.89. The molecule has 5 rings (SSSR count). The Hall–Kier alpha value is -3.92. The maximum atomic E-state index is 13.0. The van der Waals surface area contributed by atoms with E-state index >= 15 is 0 Å². The van der Waals surface area contributed by atoms with Gasteiger partial charge in [0.15, 0.2) is 0 Å². The third-order valence-corrected chi connectivity index (χ3v) is 5.71. The summed E-state index contributed by atoms with van der Waals surface area (Å²) in [5.74, 6) is 0.932. The van der Waals surface area contributed by atoms with E-state index in [9.17, 15) is 18.0 Å². The first kappa shape index (κ1) is 22.9. The minimum Gasteiger partial charge on any atom is -0.439 e. The van der Waals surface area contributed by atoms with E-state index in [-0.39, 0.29) is 11.7 Å². The van der Waals surface area contributed by atoms with Gasteiger partial charge in [-0.2, -0.15) is 13.2 Å². The summed E-state index contributed by atoms with van der Waals surface area (Å²) in [5, 5.41) is 6.71. The standard InChI is InChI=1S/C25H22F3N5O2/c1-15(31-18-5-6-18)21-13-23(30-14-29-21)35-20-7-8-22-16(11-20)9-10-33(22)24(34)32-19-4-2-3-17(12-19)25(26,27)28/h2-4,7-15,18,31H,5-6H2,1H3,(H,32,34)/t15-/m0/s1. The zero-order valence-corrected chi connectivity index (χ0v) is 18.7. The molecule has 1 aliphatic rings. The predicted molar refractivity (Wildman–Crippen MR) is 124 cm³/mol. The van der Waals surface area contributed by atoms with E-state index in [1.165, 1.54) is 35.9 Å². The Bertz CT molecular complexity index is 1380. The molecule has 2 N–H and O–H groups in total. The van der Waals surface area contributed by atoms with Crippen LogP contribution < -0.4 is 15.4 Å². The van der Waals surface area contributed by atoms with E-state index in [1.54, 1.807) is 36.5 Å². The quantitative estimate of drug-likeness (QED) is 0.346. The average molecular weight is 481 g/mol. The van der Waals surface area contributed by atoms with Gasteiger partial charge in [-0.25, -0.2) is 14.8 Å². The third-order valence-electron chi connectivity index (χ3n) is 5.71. The van der Waals surface area contributed by atoms with Crippen molar-refractivity contribution in [1.82, 2.24) is 19.9 Å². The van der Waals surface area contributed by atoms with Crippen molar-refractivity contribution < 1.29 is 22.7 Å². The Morgan fingerprint density at radius 2 is 1.94 bits per heavy atom. The monoisotopic (exact) mass is 481 g/mol. The van der Waals surface area contributed by atoms with Gasteiger partial charge >= 0.3 is 12.2 Å². The van der Waals surface area contributed by atoms with Crippen LogP contribution in [0.2, 0.25) is 0 Å². The normalized spacial score (nSPS) is 14.6. The van der Waals surface area contributed by atoms with Gasteiger partial charge in [-0.15, -0.1) is 0 Å². The molecular formula is C25H22F3N5O2. The summed E-state index contributed by atoms with van der Waals surface area (Å²) >= 11 is 0. The van der Waals surface area contributed by atoms with Gasteiger partial charge in [-0.3, -0.25) is 4.57 Å². The van der Waals surface area contributed by atoms with Crippen LogP contribution in [-0.4, -0.2) is 26.6 Å². The zero-order valence-electron chi connectivity index (χ0n) is 18.7. The van der Waals surface area contributed by atoms with Crippen LogP contribution in [0.5, 0.6) is 11.6 Å². The molecule has 35 heavy (non-hydrogen) atoms. The Morgan fingerprint density at radius 3 is 2.71 bits per heavy atom. The maximum absolute atomic E-state index is 13.0. The average Bonchev–Trinajstić information content (AvgIpc) is 3.54. The van der Waals surface area contributed by atoms with Gasteiger partial charge in [0.1, 0.15) is 12.1 Å². The van der Waals surface area contributed by atoms with Gasteiger partial charge in [-0.05, 0) is 62.2 Å². The predicted octanol–water partition coefficient (Wildman–Crippen LogP) is 6.14. The molecular weight excluding hydrogens is 459 g/mol. The Morgan fingerprint density at radius 1 is 1.11 bits per heavy atom. The fourth-order valence-electron chi connectivity index (χ4n) is 3.77. The highest BCUT2D eigenvalue weighted by molar-refractivity contribution is 5.98. The molecule has 1 atom stereocenters. The highest BCUT2D eigenvalue weighted by atomic mass is 19.4. The Labute approximate surface area is 199 Å². The molecule has 4 aromatic rings.